The molecule has 1 amide bonds. The van der Waals surface area contributed by atoms with Gasteiger partial charge in [0, 0.05) is 17.7 Å². The number of nitrogens with two attached hydrogens (primary N) is 1. The van der Waals surface area contributed by atoms with E-state index in [1.54, 1.807) is 6.92 Å². The minimum Gasteiger partial charge on any atom is -0.395 e. The number of nitrogens with one attached hydrogen (secondary N) is 1. The fourth-order valence-corrected chi connectivity index (χ4v) is 1.67. The fourth-order valence-electron chi connectivity index (χ4n) is 1.67. The van der Waals surface area contributed by atoms with Crippen LogP contribution in [0.2, 0.25) is 0 Å². The molecule has 0 spiro atoms. The molecule has 104 valence electrons. The summed E-state index contributed by atoms with van der Waals surface area (Å²) in [6, 6.07) is 4.08. The molecule has 1 aromatic rings. The van der Waals surface area contributed by atoms with Crippen LogP contribution in [0.3, 0.4) is 0 Å². The lowest BCUT2D eigenvalue weighted by Gasteiger charge is -2.11. The van der Waals surface area contributed by atoms with Crippen molar-refractivity contribution in [3.8, 4) is 11.5 Å². The van der Waals surface area contributed by atoms with Gasteiger partial charge in [0.15, 0.2) is 11.5 Å². The van der Waals surface area contributed by atoms with Gasteiger partial charge in [-0.05, 0) is 25.1 Å². The first-order valence-corrected chi connectivity index (χ1v) is 5.82. The Morgan fingerprint density at radius 3 is 2.79 bits per heavy atom. The largest absolute Gasteiger partial charge is 0.586 e. The molecular weight excluding hydrogens is 258 g/mol. The van der Waals surface area contributed by atoms with Gasteiger partial charge in [-0.1, -0.05) is 6.92 Å². The molecule has 3 N–H and O–H groups in total. The number of alkyl halides is 2. The Labute approximate surface area is 108 Å². The van der Waals surface area contributed by atoms with Gasteiger partial charge in [-0.2, -0.15) is 0 Å². The summed E-state index contributed by atoms with van der Waals surface area (Å²) in [6.07, 6.45) is -3.10. The highest BCUT2D eigenvalue weighted by Crippen LogP contribution is 2.42. The molecule has 0 bridgehead atoms. The first-order valence-electron chi connectivity index (χ1n) is 5.82. The predicted octanol–water partition coefficient (Wildman–Crippen LogP) is 1.93. The molecule has 1 atom stereocenters. The molecule has 0 aromatic heterocycles. The molecule has 19 heavy (non-hydrogen) atoms. The second kappa shape index (κ2) is 5.00. The summed E-state index contributed by atoms with van der Waals surface area (Å²) in [5, 5.41) is 2.61. The normalized spacial score (nSPS) is 17.1. The second-order valence-corrected chi connectivity index (χ2v) is 4.30. The maximum Gasteiger partial charge on any atom is 0.586 e. The first-order chi connectivity index (χ1) is 8.91. The van der Waals surface area contributed by atoms with Gasteiger partial charge >= 0.3 is 6.29 Å². The molecule has 1 aliphatic rings. The minimum atomic E-state index is -3.65. The van der Waals surface area contributed by atoms with Gasteiger partial charge in [0.1, 0.15) is 0 Å². The number of carbonyl (C=O) groups excluding carboxylic acids is 1. The number of hydrogen-bond donors (Lipinski definition) is 2. The summed E-state index contributed by atoms with van der Waals surface area (Å²) in [6.45, 7) is 2.14. The van der Waals surface area contributed by atoms with E-state index in [4.69, 9.17) is 5.73 Å². The molecule has 1 unspecified atom stereocenters. The van der Waals surface area contributed by atoms with Gasteiger partial charge < -0.3 is 20.5 Å². The zero-order valence-electron chi connectivity index (χ0n) is 10.3. The minimum absolute atomic E-state index is 0.0574. The number of amides is 1. The molecule has 0 saturated carbocycles. The Morgan fingerprint density at radius 1 is 1.42 bits per heavy atom. The molecule has 0 aliphatic carbocycles. The third kappa shape index (κ3) is 3.11. The zero-order chi connectivity index (χ0) is 14.0. The van der Waals surface area contributed by atoms with Crippen molar-refractivity contribution in [2.24, 2.45) is 11.7 Å². The van der Waals surface area contributed by atoms with Crippen molar-refractivity contribution in [3.63, 3.8) is 0 Å². The topological polar surface area (TPSA) is 73.6 Å². The van der Waals surface area contributed by atoms with Gasteiger partial charge in [-0.25, -0.2) is 0 Å². The Kier molecular flexibility index (Phi) is 3.57. The maximum atomic E-state index is 12.8. The summed E-state index contributed by atoms with van der Waals surface area (Å²) in [4.78, 5) is 11.7. The van der Waals surface area contributed by atoms with Crippen LogP contribution in [0.4, 0.5) is 14.5 Å². The zero-order valence-corrected chi connectivity index (χ0v) is 10.3. The summed E-state index contributed by atoms with van der Waals surface area (Å²) in [5.74, 6) is -0.639. The van der Waals surface area contributed by atoms with Crippen LogP contribution in [0.1, 0.15) is 13.3 Å². The summed E-state index contributed by atoms with van der Waals surface area (Å²) < 4.78 is 34.2. The van der Waals surface area contributed by atoms with Crippen molar-refractivity contribution in [1.82, 2.24) is 0 Å². The number of halogens is 2. The van der Waals surface area contributed by atoms with E-state index in [2.05, 4.69) is 14.8 Å². The Bertz CT molecular complexity index is 494. The molecule has 0 fully saturated rings. The Hall–Kier alpha value is -1.89. The molecular formula is C12H14F2N2O3. The van der Waals surface area contributed by atoms with Crippen LogP contribution in [-0.2, 0) is 4.79 Å². The lowest BCUT2D eigenvalue weighted by Crippen LogP contribution is -2.26. The molecule has 5 nitrogen and oxygen atoms in total. The average Bonchev–Trinajstić information content (AvgIpc) is 2.62. The number of ether oxygens (including phenoxy) is 2. The van der Waals surface area contributed by atoms with Gasteiger partial charge in [0.2, 0.25) is 5.91 Å². The number of benzene rings is 1. The van der Waals surface area contributed by atoms with Crippen LogP contribution < -0.4 is 20.5 Å². The SMILES string of the molecule is CC(CCN)C(=O)Nc1ccc2c(c1)OC(F)(F)O2. The average molecular weight is 272 g/mol. The van der Waals surface area contributed by atoms with E-state index in [0.29, 0.717) is 18.7 Å². The number of rotatable bonds is 4. The van der Waals surface area contributed by atoms with E-state index in [1.807, 2.05) is 0 Å². The summed E-state index contributed by atoms with van der Waals surface area (Å²) >= 11 is 0. The summed E-state index contributed by atoms with van der Waals surface area (Å²) in [5.41, 5.74) is 5.73. The van der Waals surface area contributed by atoms with E-state index in [1.165, 1.54) is 18.2 Å². The van der Waals surface area contributed by atoms with Gasteiger partial charge in [0.25, 0.3) is 0 Å². The maximum absolute atomic E-state index is 12.8. The van der Waals surface area contributed by atoms with E-state index in [9.17, 15) is 13.6 Å². The van der Waals surface area contributed by atoms with Crippen molar-refractivity contribution in [2.75, 3.05) is 11.9 Å². The molecule has 1 aliphatic heterocycles. The van der Waals surface area contributed by atoms with Gasteiger partial charge in [-0.3, -0.25) is 4.79 Å². The van der Waals surface area contributed by atoms with Crippen molar-refractivity contribution in [3.05, 3.63) is 18.2 Å². The third-order valence-electron chi connectivity index (χ3n) is 2.72. The molecule has 1 aromatic carbocycles. The smallest absolute Gasteiger partial charge is 0.395 e. The highest BCUT2D eigenvalue weighted by Gasteiger charge is 2.43. The standard InChI is InChI=1S/C12H14F2N2O3/c1-7(4-5-15)11(17)16-8-2-3-9-10(6-8)19-12(13,14)18-9/h2-3,6-7H,4-5,15H2,1H3,(H,16,17). The molecule has 0 saturated heterocycles. The highest BCUT2D eigenvalue weighted by atomic mass is 19.3. The number of anilines is 1. The fraction of sp³-hybridized carbons (Fsp3) is 0.417. The van der Waals surface area contributed by atoms with Crippen LogP contribution in [0.5, 0.6) is 11.5 Å². The Morgan fingerprint density at radius 2 is 2.11 bits per heavy atom. The number of fused-ring (bicyclic) bond motifs is 1. The predicted molar refractivity (Wildman–Crippen MR) is 64.1 cm³/mol. The Balaban J connectivity index is 2.06. The monoisotopic (exact) mass is 272 g/mol. The van der Waals surface area contributed by atoms with Gasteiger partial charge in [0.05, 0.1) is 0 Å². The number of carbonyl (C=O) groups is 1. The van der Waals surface area contributed by atoms with E-state index >= 15 is 0 Å². The first kappa shape index (κ1) is 13.5. The molecule has 1 heterocycles. The van der Waals surface area contributed by atoms with Crippen LogP contribution in [0.25, 0.3) is 0 Å². The van der Waals surface area contributed by atoms with E-state index in [-0.39, 0.29) is 23.3 Å². The van der Waals surface area contributed by atoms with Crippen LogP contribution >= 0.6 is 0 Å². The second-order valence-electron chi connectivity index (χ2n) is 4.30. The molecule has 2 rings (SSSR count). The molecule has 7 heteroatoms. The lowest BCUT2D eigenvalue weighted by atomic mass is 10.1. The van der Waals surface area contributed by atoms with Gasteiger partial charge in [-0.15, -0.1) is 8.78 Å². The quantitative estimate of drug-likeness (QED) is 0.878. The van der Waals surface area contributed by atoms with Crippen LogP contribution in [0.15, 0.2) is 18.2 Å². The lowest BCUT2D eigenvalue weighted by molar-refractivity contribution is -0.286. The van der Waals surface area contributed by atoms with Crippen molar-refractivity contribution < 1.29 is 23.0 Å². The van der Waals surface area contributed by atoms with Crippen molar-refractivity contribution in [2.45, 2.75) is 19.6 Å². The number of hydrogen-bond acceptors (Lipinski definition) is 4. The van der Waals surface area contributed by atoms with Crippen molar-refractivity contribution >= 4 is 11.6 Å². The molecule has 0 radical (unpaired) electrons. The van der Waals surface area contributed by atoms with Crippen LogP contribution in [-0.4, -0.2) is 18.7 Å². The highest BCUT2D eigenvalue weighted by molar-refractivity contribution is 5.92. The third-order valence-corrected chi connectivity index (χ3v) is 2.72. The van der Waals surface area contributed by atoms with Crippen LogP contribution in [0, 0.1) is 5.92 Å². The van der Waals surface area contributed by atoms with E-state index < -0.39 is 6.29 Å². The van der Waals surface area contributed by atoms with Crippen molar-refractivity contribution in [1.29, 1.82) is 0 Å². The van der Waals surface area contributed by atoms with E-state index in [0.717, 1.165) is 0 Å². The summed E-state index contributed by atoms with van der Waals surface area (Å²) in [7, 11) is 0.